The van der Waals surface area contributed by atoms with Gasteiger partial charge in [-0.3, -0.25) is 14.4 Å². The number of sulfonamides is 1. The van der Waals surface area contributed by atoms with Crippen LogP contribution >= 0.6 is 11.3 Å². The number of nitrogens with one attached hydrogen (secondary N) is 1. The van der Waals surface area contributed by atoms with Crippen LogP contribution in [0, 0.1) is 6.92 Å². The summed E-state index contributed by atoms with van der Waals surface area (Å²) in [6.45, 7) is 3.59. The molecule has 0 aliphatic carbocycles. The maximum atomic E-state index is 13.1. The number of para-hydroxylation sites is 1. The van der Waals surface area contributed by atoms with E-state index >= 15 is 0 Å². The van der Waals surface area contributed by atoms with E-state index in [2.05, 4.69) is 15.5 Å². The van der Waals surface area contributed by atoms with Gasteiger partial charge >= 0.3 is 0 Å². The zero-order valence-electron chi connectivity index (χ0n) is 16.4. The average molecular weight is 445 g/mol. The smallest absolute Gasteiger partial charge is 0.293 e. The van der Waals surface area contributed by atoms with Gasteiger partial charge < -0.3 is 4.74 Å². The summed E-state index contributed by atoms with van der Waals surface area (Å²) in [5, 5.41) is 10.3. The molecule has 3 aromatic rings. The lowest BCUT2D eigenvalue weighted by Gasteiger charge is -2.22. The molecule has 2 aromatic carbocycles. The summed E-state index contributed by atoms with van der Waals surface area (Å²) in [5.74, 6) is 0.119. The van der Waals surface area contributed by atoms with Crippen LogP contribution in [0.1, 0.15) is 18.1 Å². The molecule has 0 radical (unpaired) electrons. The number of benzene rings is 2. The van der Waals surface area contributed by atoms with Gasteiger partial charge in [-0.25, -0.2) is 0 Å². The number of amides is 1. The zero-order chi connectivity index (χ0) is 21.3. The lowest BCUT2D eigenvalue weighted by Crippen LogP contribution is -2.35. The summed E-state index contributed by atoms with van der Waals surface area (Å²) in [5.41, 5.74) is 2.71. The monoisotopic (exact) mass is 444 g/mol. The first-order valence-corrected chi connectivity index (χ1v) is 11.6. The number of anilines is 2. The molecule has 0 saturated carbocycles. The molecule has 1 aliphatic rings. The van der Waals surface area contributed by atoms with Crippen molar-refractivity contribution < 1.29 is 17.9 Å². The van der Waals surface area contributed by atoms with Crippen LogP contribution in [0.2, 0.25) is 0 Å². The first-order chi connectivity index (χ1) is 14.3. The molecule has 30 heavy (non-hydrogen) atoms. The minimum absolute atomic E-state index is 0.103. The van der Waals surface area contributed by atoms with Crippen molar-refractivity contribution in [3.63, 3.8) is 0 Å². The van der Waals surface area contributed by atoms with Gasteiger partial charge in [0.25, 0.3) is 20.3 Å². The minimum atomic E-state index is -3.88. The second kappa shape index (κ2) is 8.04. The van der Waals surface area contributed by atoms with Crippen molar-refractivity contribution in [3.05, 3.63) is 59.7 Å². The fourth-order valence-corrected chi connectivity index (χ4v) is 5.98. The second-order valence-electron chi connectivity index (χ2n) is 7.01. The molecule has 0 spiro atoms. The molecule has 2 heterocycles. The summed E-state index contributed by atoms with van der Waals surface area (Å²) >= 11 is 0.816. The molecule has 4 rings (SSSR count). The molecule has 1 N–H and O–H groups in total. The summed E-state index contributed by atoms with van der Waals surface area (Å²) in [4.78, 5) is 12.1. The highest BCUT2D eigenvalue weighted by Crippen LogP contribution is 2.37. The molecule has 0 bridgehead atoms. The van der Waals surface area contributed by atoms with Crippen molar-refractivity contribution in [1.82, 2.24) is 10.2 Å². The number of rotatable bonds is 6. The number of carbonyl (C=O) groups excluding carboxylic acids is 1. The van der Waals surface area contributed by atoms with Crippen molar-refractivity contribution >= 4 is 38.1 Å². The number of aryl methyl sites for hydroxylation is 1. The number of nitrogens with zero attached hydrogens (tertiary/aromatic N) is 3. The molecule has 0 saturated heterocycles. The van der Waals surface area contributed by atoms with E-state index in [9.17, 15) is 13.2 Å². The summed E-state index contributed by atoms with van der Waals surface area (Å²) in [6.07, 6.45) is 0.633. The van der Waals surface area contributed by atoms with Crippen LogP contribution in [0.25, 0.3) is 0 Å². The van der Waals surface area contributed by atoms with Gasteiger partial charge in [0.1, 0.15) is 5.75 Å². The fraction of sp³-hybridized carbons (Fsp3) is 0.250. The lowest BCUT2D eigenvalue weighted by molar-refractivity contribution is -0.118. The number of carbonyl (C=O) groups is 1. The Labute approximate surface area is 178 Å². The van der Waals surface area contributed by atoms with E-state index in [-0.39, 0.29) is 22.1 Å². The van der Waals surface area contributed by atoms with E-state index in [4.69, 9.17) is 4.74 Å². The molecule has 156 valence electrons. The van der Waals surface area contributed by atoms with E-state index in [1.54, 1.807) is 24.3 Å². The number of hydrogen-bond donors (Lipinski definition) is 1. The van der Waals surface area contributed by atoms with E-state index < -0.39 is 15.9 Å². The first-order valence-electron chi connectivity index (χ1n) is 9.30. The normalized spacial score (nSPS) is 15.7. The number of hydrogen-bond acceptors (Lipinski definition) is 7. The molecule has 1 aliphatic heterocycles. The van der Waals surface area contributed by atoms with Crippen LogP contribution < -0.4 is 14.4 Å². The van der Waals surface area contributed by atoms with E-state index in [0.29, 0.717) is 17.9 Å². The highest BCUT2D eigenvalue weighted by atomic mass is 32.2. The maximum Gasteiger partial charge on any atom is 0.293 e. The molecule has 8 nitrogen and oxygen atoms in total. The van der Waals surface area contributed by atoms with E-state index in [1.807, 2.05) is 38.1 Å². The number of aromatic nitrogens is 2. The predicted octanol–water partition coefficient (Wildman–Crippen LogP) is 3.00. The molecule has 1 amide bonds. The zero-order valence-corrected chi connectivity index (χ0v) is 18.0. The Morgan fingerprint density at radius 1 is 1.20 bits per heavy atom. The molecule has 0 unspecified atom stereocenters. The summed E-state index contributed by atoms with van der Waals surface area (Å²) < 4.78 is 32.9. The van der Waals surface area contributed by atoms with E-state index in [1.165, 1.54) is 4.31 Å². The van der Waals surface area contributed by atoms with Gasteiger partial charge in [-0.2, -0.15) is 8.42 Å². The third-order valence-electron chi connectivity index (χ3n) is 4.67. The minimum Gasteiger partial charge on any atom is -0.484 e. The summed E-state index contributed by atoms with van der Waals surface area (Å²) in [6, 6.07) is 14.5. The highest BCUT2D eigenvalue weighted by Gasteiger charge is 2.38. The van der Waals surface area contributed by atoms with Crippen molar-refractivity contribution in [3.8, 4) is 5.75 Å². The van der Waals surface area contributed by atoms with Crippen LogP contribution in [0.15, 0.2) is 52.9 Å². The van der Waals surface area contributed by atoms with Crippen molar-refractivity contribution in [1.29, 1.82) is 0 Å². The Morgan fingerprint density at radius 3 is 2.70 bits per heavy atom. The SMILES string of the molecule is Cc1ccc(OCC(=O)Nc2nnc(S(=O)(=O)N3c4ccccc4C[C@H]3C)s2)cc1. The van der Waals surface area contributed by atoms with Gasteiger partial charge in [0.2, 0.25) is 5.13 Å². The van der Waals surface area contributed by atoms with Crippen LogP contribution in [-0.4, -0.2) is 37.2 Å². The van der Waals surface area contributed by atoms with Crippen LogP contribution in [0.3, 0.4) is 0 Å². The molecule has 10 heteroatoms. The Hall–Kier alpha value is -2.98. The molecule has 0 fully saturated rings. The van der Waals surface area contributed by atoms with Gasteiger partial charge in [-0.05, 0) is 44.0 Å². The third kappa shape index (κ3) is 4.01. The summed E-state index contributed by atoms with van der Waals surface area (Å²) in [7, 11) is -3.88. The Balaban J connectivity index is 1.44. The Kier molecular flexibility index (Phi) is 5.44. The number of fused-ring (bicyclic) bond motifs is 1. The quantitative estimate of drug-likeness (QED) is 0.587. The first kappa shape index (κ1) is 20.3. The largest absolute Gasteiger partial charge is 0.484 e. The van der Waals surface area contributed by atoms with Crippen LogP contribution in [0.5, 0.6) is 5.75 Å². The molecule has 1 aromatic heterocycles. The predicted molar refractivity (Wildman–Crippen MR) is 114 cm³/mol. The van der Waals surface area contributed by atoms with Gasteiger partial charge in [-0.15, -0.1) is 10.2 Å². The van der Waals surface area contributed by atoms with Gasteiger partial charge in [0, 0.05) is 6.04 Å². The van der Waals surface area contributed by atoms with Crippen LogP contribution in [0.4, 0.5) is 10.8 Å². The standard InChI is InChI=1S/C20H20N4O4S2/c1-13-7-9-16(10-8-13)28-12-18(25)21-19-22-23-20(29-19)30(26,27)24-14(2)11-15-5-3-4-6-17(15)24/h3-10,14H,11-12H2,1-2H3,(H,21,22,25)/t14-/m1/s1. The highest BCUT2D eigenvalue weighted by molar-refractivity contribution is 7.94. The van der Waals surface area contributed by atoms with Gasteiger partial charge in [0.05, 0.1) is 5.69 Å². The van der Waals surface area contributed by atoms with Gasteiger partial charge in [0.15, 0.2) is 6.61 Å². The average Bonchev–Trinajstić information content (AvgIpc) is 3.31. The lowest BCUT2D eigenvalue weighted by atomic mass is 10.1. The Bertz CT molecular complexity index is 1180. The topological polar surface area (TPSA) is 101 Å². The second-order valence-corrected chi connectivity index (χ2v) is 9.97. The third-order valence-corrected chi connectivity index (χ3v) is 7.78. The van der Waals surface area contributed by atoms with E-state index in [0.717, 1.165) is 22.5 Å². The van der Waals surface area contributed by atoms with Crippen LogP contribution in [-0.2, 0) is 21.2 Å². The molecule has 1 atom stereocenters. The number of ether oxygens (including phenoxy) is 1. The van der Waals surface area contributed by atoms with Crippen molar-refractivity contribution in [2.24, 2.45) is 0 Å². The molecular weight excluding hydrogens is 424 g/mol. The fourth-order valence-electron chi connectivity index (χ4n) is 3.29. The van der Waals surface area contributed by atoms with Crippen molar-refractivity contribution in [2.45, 2.75) is 30.6 Å². The molecular formula is C20H20N4O4S2. The maximum absolute atomic E-state index is 13.1. The Morgan fingerprint density at radius 2 is 1.93 bits per heavy atom. The van der Waals surface area contributed by atoms with Gasteiger partial charge in [-0.1, -0.05) is 47.2 Å². The van der Waals surface area contributed by atoms with Crippen molar-refractivity contribution in [2.75, 3.05) is 16.2 Å².